The second-order valence-corrected chi connectivity index (χ2v) is 9.84. The SMILES string of the molecule is O=C(NCC(=O)N1CCC(N2CCC(c3ccc(C(F)(F)F)cc3)CC2)C1)c1ccc(Cl)c(Cl)c1. The summed E-state index contributed by atoms with van der Waals surface area (Å²) < 4.78 is 38.4. The molecule has 2 heterocycles. The molecule has 2 aromatic rings. The summed E-state index contributed by atoms with van der Waals surface area (Å²) in [6, 6.07) is 10.3. The number of amides is 2. The monoisotopic (exact) mass is 527 g/mol. The van der Waals surface area contributed by atoms with Crippen LogP contribution < -0.4 is 5.32 Å². The van der Waals surface area contributed by atoms with Gasteiger partial charge in [0.25, 0.3) is 5.91 Å². The van der Waals surface area contributed by atoms with Crippen LogP contribution in [0.1, 0.15) is 46.7 Å². The van der Waals surface area contributed by atoms with E-state index in [2.05, 4.69) is 10.2 Å². The summed E-state index contributed by atoms with van der Waals surface area (Å²) in [6.45, 7) is 2.82. The van der Waals surface area contributed by atoms with Gasteiger partial charge in [-0.15, -0.1) is 0 Å². The molecule has 2 amide bonds. The molecule has 1 unspecified atom stereocenters. The number of benzene rings is 2. The summed E-state index contributed by atoms with van der Waals surface area (Å²) in [7, 11) is 0. The number of halogens is 5. The van der Waals surface area contributed by atoms with Crippen LogP contribution in [0.25, 0.3) is 0 Å². The van der Waals surface area contributed by atoms with Crippen LogP contribution >= 0.6 is 23.2 Å². The zero-order valence-corrected chi connectivity index (χ0v) is 20.5. The van der Waals surface area contributed by atoms with Crippen LogP contribution in [0.4, 0.5) is 13.2 Å². The lowest BCUT2D eigenvalue weighted by atomic mass is 9.88. The molecule has 0 saturated carbocycles. The number of nitrogens with one attached hydrogen (secondary N) is 1. The number of hydrogen-bond acceptors (Lipinski definition) is 3. The molecule has 2 fully saturated rings. The Bertz CT molecular complexity index is 1070. The van der Waals surface area contributed by atoms with Crippen LogP contribution in [-0.4, -0.2) is 60.4 Å². The van der Waals surface area contributed by atoms with Crippen molar-refractivity contribution in [2.45, 2.75) is 37.4 Å². The number of nitrogens with zero attached hydrogens (tertiary/aromatic N) is 2. The van der Waals surface area contributed by atoms with E-state index in [9.17, 15) is 22.8 Å². The summed E-state index contributed by atoms with van der Waals surface area (Å²) in [4.78, 5) is 29.1. The van der Waals surface area contributed by atoms with Gasteiger partial charge in [-0.25, -0.2) is 0 Å². The molecule has 10 heteroatoms. The lowest BCUT2D eigenvalue weighted by Gasteiger charge is -2.36. The second kappa shape index (κ2) is 10.8. The predicted molar refractivity (Wildman–Crippen MR) is 129 cm³/mol. The van der Waals surface area contributed by atoms with Crippen LogP contribution in [0.5, 0.6) is 0 Å². The third kappa shape index (κ3) is 6.29. The maximum Gasteiger partial charge on any atom is 0.416 e. The Morgan fingerprint density at radius 2 is 1.63 bits per heavy atom. The zero-order valence-electron chi connectivity index (χ0n) is 19.0. The van der Waals surface area contributed by atoms with E-state index in [-0.39, 0.29) is 29.4 Å². The number of alkyl halides is 3. The van der Waals surface area contributed by atoms with E-state index >= 15 is 0 Å². The number of piperidine rings is 1. The minimum Gasteiger partial charge on any atom is -0.343 e. The number of hydrogen-bond donors (Lipinski definition) is 1. The first-order valence-electron chi connectivity index (χ1n) is 11.5. The van der Waals surface area contributed by atoms with Crippen molar-refractivity contribution >= 4 is 35.0 Å². The fourth-order valence-corrected chi connectivity index (χ4v) is 5.11. The van der Waals surface area contributed by atoms with Crippen molar-refractivity contribution in [3.63, 3.8) is 0 Å². The van der Waals surface area contributed by atoms with Gasteiger partial charge in [0.05, 0.1) is 22.2 Å². The Balaban J connectivity index is 1.23. The molecule has 0 aromatic heterocycles. The van der Waals surface area contributed by atoms with Gasteiger partial charge < -0.3 is 10.2 Å². The largest absolute Gasteiger partial charge is 0.416 e. The zero-order chi connectivity index (χ0) is 25.2. The van der Waals surface area contributed by atoms with Gasteiger partial charge in [0.1, 0.15) is 0 Å². The summed E-state index contributed by atoms with van der Waals surface area (Å²) in [5.41, 5.74) is 0.656. The van der Waals surface area contributed by atoms with Gasteiger partial charge in [0, 0.05) is 24.7 Å². The molecule has 2 aliphatic heterocycles. The highest BCUT2D eigenvalue weighted by atomic mass is 35.5. The van der Waals surface area contributed by atoms with E-state index in [0.29, 0.717) is 23.7 Å². The maximum atomic E-state index is 12.8. The Morgan fingerprint density at radius 1 is 0.943 bits per heavy atom. The van der Waals surface area contributed by atoms with Gasteiger partial charge in [-0.2, -0.15) is 13.2 Å². The standard InChI is InChI=1S/C25H26Cl2F3N3O2/c26-21-6-3-18(13-22(21)27)24(35)31-14-23(34)33-12-9-20(15-33)32-10-7-17(8-11-32)16-1-4-19(5-2-16)25(28,29)30/h1-6,13,17,20H,7-12,14-15H2,(H,31,35). The van der Waals surface area contributed by atoms with Crippen molar-refractivity contribution in [3.05, 3.63) is 69.2 Å². The molecule has 5 nitrogen and oxygen atoms in total. The summed E-state index contributed by atoms with van der Waals surface area (Å²) in [6.07, 6.45) is -1.72. The van der Waals surface area contributed by atoms with Crippen molar-refractivity contribution in [1.82, 2.24) is 15.1 Å². The fraction of sp³-hybridized carbons (Fsp3) is 0.440. The first kappa shape index (κ1) is 25.8. The Hall–Kier alpha value is -2.29. The molecule has 4 rings (SSSR count). The lowest BCUT2D eigenvalue weighted by molar-refractivity contribution is -0.137. The van der Waals surface area contributed by atoms with Crippen LogP contribution in [0, 0.1) is 0 Å². The smallest absolute Gasteiger partial charge is 0.343 e. The highest BCUT2D eigenvalue weighted by molar-refractivity contribution is 6.42. The topological polar surface area (TPSA) is 52.7 Å². The summed E-state index contributed by atoms with van der Waals surface area (Å²) in [5.74, 6) is -0.289. The molecule has 1 atom stereocenters. The molecular weight excluding hydrogens is 502 g/mol. The van der Waals surface area contributed by atoms with Gasteiger partial charge >= 0.3 is 6.18 Å². The van der Waals surface area contributed by atoms with Crippen molar-refractivity contribution in [2.75, 3.05) is 32.7 Å². The van der Waals surface area contributed by atoms with Crippen molar-refractivity contribution < 1.29 is 22.8 Å². The fourth-order valence-electron chi connectivity index (χ4n) is 4.82. The molecule has 0 bridgehead atoms. The van der Waals surface area contributed by atoms with Crippen LogP contribution in [0.3, 0.4) is 0 Å². The quantitative estimate of drug-likeness (QED) is 0.579. The van der Waals surface area contributed by atoms with Crippen LogP contribution in [0.2, 0.25) is 10.0 Å². The third-order valence-corrected chi connectivity index (χ3v) is 7.59. The first-order chi connectivity index (χ1) is 16.6. The minimum atomic E-state index is -4.32. The predicted octanol–water partition coefficient (Wildman–Crippen LogP) is 5.22. The van der Waals surface area contributed by atoms with E-state index < -0.39 is 17.6 Å². The molecule has 35 heavy (non-hydrogen) atoms. The average Bonchev–Trinajstić information content (AvgIpc) is 3.34. The Labute approximate surface area is 212 Å². The van der Waals surface area contributed by atoms with Gasteiger partial charge in [-0.1, -0.05) is 35.3 Å². The first-order valence-corrected chi connectivity index (χ1v) is 12.3. The molecule has 2 aliphatic rings. The van der Waals surface area contributed by atoms with Crippen LogP contribution in [0.15, 0.2) is 42.5 Å². The van der Waals surface area contributed by atoms with Crippen molar-refractivity contribution in [1.29, 1.82) is 0 Å². The van der Waals surface area contributed by atoms with E-state index in [0.717, 1.165) is 50.0 Å². The third-order valence-electron chi connectivity index (χ3n) is 6.85. The highest BCUT2D eigenvalue weighted by Gasteiger charge is 2.34. The molecule has 2 aromatic carbocycles. The number of carbonyl (C=O) groups is 2. The molecular formula is C25H26Cl2F3N3O2. The lowest BCUT2D eigenvalue weighted by Crippen LogP contribution is -2.44. The number of rotatable bonds is 5. The number of carbonyl (C=O) groups excluding carboxylic acids is 2. The van der Waals surface area contributed by atoms with Gasteiger partial charge in [0.2, 0.25) is 5.91 Å². The van der Waals surface area contributed by atoms with E-state index in [1.807, 2.05) is 0 Å². The summed E-state index contributed by atoms with van der Waals surface area (Å²) in [5, 5.41) is 3.26. The molecule has 0 spiro atoms. The van der Waals surface area contributed by atoms with Gasteiger partial charge in [0.15, 0.2) is 0 Å². The van der Waals surface area contributed by atoms with Crippen LogP contribution in [-0.2, 0) is 11.0 Å². The Morgan fingerprint density at radius 3 is 2.26 bits per heavy atom. The van der Waals surface area contributed by atoms with Crippen molar-refractivity contribution in [3.8, 4) is 0 Å². The maximum absolute atomic E-state index is 12.8. The average molecular weight is 528 g/mol. The van der Waals surface area contributed by atoms with E-state index in [4.69, 9.17) is 23.2 Å². The van der Waals surface area contributed by atoms with Gasteiger partial charge in [-0.3, -0.25) is 14.5 Å². The van der Waals surface area contributed by atoms with E-state index in [1.165, 1.54) is 12.1 Å². The van der Waals surface area contributed by atoms with Gasteiger partial charge in [-0.05, 0) is 74.2 Å². The molecule has 2 saturated heterocycles. The molecule has 188 valence electrons. The minimum absolute atomic E-state index is 0.0954. The molecule has 1 N–H and O–H groups in total. The summed E-state index contributed by atoms with van der Waals surface area (Å²) >= 11 is 11.8. The number of likely N-dealkylation sites (tertiary alicyclic amines) is 2. The van der Waals surface area contributed by atoms with E-state index in [1.54, 1.807) is 23.1 Å². The molecule has 0 aliphatic carbocycles. The highest BCUT2D eigenvalue weighted by Crippen LogP contribution is 2.34. The Kier molecular flexibility index (Phi) is 7.93. The normalized spacial score (nSPS) is 19.7. The van der Waals surface area contributed by atoms with Crippen molar-refractivity contribution in [2.24, 2.45) is 0 Å². The second-order valence-electron chi connectivity index (χ2n) is 9.02. The molecule has 0 radical (unpaired) electrons.